The normalized spacial score (nSPS) is 51.5. The van der Waals surface area contributed by atoms with Gasteiger partial charge >= 0.3 is 29.3 Å². The van der Waals surface area contributed by atoms with Crippen LogP contribution in [0, 0.1) is 22.2 Å². The van der Waals surface area contributed by atoms with E-state index >= 15 is 0 Å². The van der Waals surface area contributed by atoms with E-state index in [0.29, 0.717) is 12.0 Å². The van der Waals surface area contributed by atoms with Crippen LogP contribution in [-0.4, -0.2) is 57.2 Å². The maximum absolute atomic E-state index is 13.4. The maximum Gasteiger partial charge on any atom is 0.339 e. The molecular weight excluding hydrogens is 544 g/mol. The van der Waals surface area contributed by atoms with Crippen LogP contribution in [0.3, 0.4) is 0 Å². The van der Waals surface area contributed by atoms with Crippen molar-refractivity contribution < 1.29 is 50.3 Å². The number of cyclic esters (lactones) is 2. The molecule has 4 aliphatic heterocycles. The number of hydrogen-bond donors (Lipinski definition) is 0. The summed E-state index contributed by atoms with van der Waals surface area (Å²) in [4.78, 5) is 38.5. The molecule has 1 aromatic rings. The van der Waals surface area contributed by atoms with E-state index in [9.17, 15) is 18.6 Å². The highest BCUT2D eigenvalue weighted by atomic mass is 32.2. The van der Waals surface area contributed by atoms with Crippen LogP contribution in [0.25, 0.3) is 0 Å². The molecule has 3 saturated heterocycles. The molecule has 2 spiro atoms. The Morgan fingerprint density at radius 2 is 1.85 bits per heavy atom. The number of hydrogen-bond acceptors (Lipinski definition) is 11. The van der Waals surface area contributed by atoms with E-state index in [0.717, 1.165) is 0 Å². The van der Waals surface area contributed by atoms with E-state index in [1.807, 2.05) is 20.8 Å². The Balaban J connectivity index is 1.50. The molecule has 40 heavy (non-hydrogen) atoms. The fourth-order valence-electron chi connectivity index (χ4n) is 9.66. The van der Waals surface area contributed by atoms with Gasteiger partial charge in [-0.3, -0.25) is 13.2 Å². The molecule has 2 aliphatic carbocycles. The van der Waals surface area contributed by atoms with Gasteiger partial charge in [-0.25, -0.2) is 9.59 Å². The maximum atomic E-state index is 13.4. The molecule has 11 nitrogen and oxygen atoms in total. The molecule has 7 rings (SSSR count). The average molecular weight is 577 g/mol. The SMILES string of the molecule is CC(=O)O[C@@H]1C[C@]2(C=CC(=O)OC2(C)C)[C@@]2(C)O[S@@](=O)O[C@H]3C[C@@]4(C)[C@H](c5ccoc5)OC(=O)[C@H]5O[C@]54[C@@]1(C)[C@H]32. The van der Waals surface area contributed by atoms with Crippen molar-refractivity contribution >= 4 is 29.3 Å². The van der Waals surface area contributed by atoms with Crippen molar-refractivity contribution in [1.82, 2.24) is 0 Å². The van der Waals surface area contributed by atoms with E-state index in [4.69, 9.17) is 31.7 Å². The lowest BCUT2D eigenvalue weighted by atomic mass is 9.36. The molecule has 0 radical (unpaired) electrons. The molecule has 0 N–H and O–H groups in total. The highest BCUT2D eigenvalue weighted by Gasteiger charge is 2.92. The minimum Gasteiger partial charge on any atom is -0.472 e. The zero-order valence-corrected chi connectivity index (χ0v) is 23.9. The van der Waals surface area contributed by atoms with E-state index in [-0.39, 0.29) is 6.42 Å². The third-order valence-corrected chi connectivity index (χ3v) is 12.0. The number of ether oxygens (including phenoxy) is 4. The van der Waals surface area contributed by atoms with Gasteiger partial charge in [-0.05, 0) is 33.3 Å². The quantitative estimate of drug-likeness (QED) is 0.291. The van der Waals surface area contributed by atoms with Gasteiger partial charge in [0.25, 0.3) is 0 Å². The van der Waals surface area contributed by atoms with Crippen molar-refractivity contribution in [1.29, 1.82) is 0 Å². The lowest BCUT2D eigenvalue weighted by Gasteiger charge is -2.72. The third-order valence-electron chi connectivity index (χ3n) is 11.1. The van der Waals surface area contributed by atoms with Gasteiger partial charge in [0.2, 0.25) is 0 Å². The van der Waals surface area contributed by atoms with Crippen molar-refractivity contribution in [2.24, 2.45) is 22.2 Å². The van der Waals surface area contributed by atoms with Crippen LogP contribution >= 0.6 is 0 Å². The number of carbonyl (C=O) groups excluding carboxylic acids is 3. The minimum absolute atomic E-state index is 0.149. The fraction of sp³-hybridized carbons (Fsp3) is 0.679. The van der Waals surface area contributed by atoms with Gasteiger partial charge in [0, 0.05) is 41.7 Å². The first-order valence-corrected chi connectivity index (χ1v) is 14.5. The number of carbonyl (C=O) groups is 3. The molecule has 5 heterocycles. The van der Waals surface area contributed by atoms with Crippen molar-refractivity contribution in [3.8, 4) is 0 Å². The summed E-state index contributed by atoms with van der Waals surface area (Å²) >= 11 is -2.15. The predicted octanol–water partition coefficient (Wildman–Crippen LogP) is 3.01. The van der Waals surface area contributed by atoms with Gasteiger partial charge in [0.15, 0.2) is 6.10 Å². The second kappa shape index (κ2) is 7.64. The Hall–Kier alpha value is -2.54. The summed E-state index contributed by atoms with van der Waals surface area (Å²) in [5.74, 6) is -2.15. The molecular formula is C28H32O11S. The summed E-state index contributed by atoms with van der Waals surface area (Å²) in [6, 6.07) is 1.74. The van der Waals surface area contributed by atoms with E-state index in [1.165, 1.54) is 25.5 Å². The molecule has 2 saturated carbocycles. The van der Waals surface area contributed by atoms with Gasteiger partial charge in [-0.1, -0.05) is 19.9 Å². The number of fused-ring (bicyclic) bond motifs is 1. The summed E-state index contributed by atoms with van der Waals surface area (Å²) in [7, 11) is 0. The van der Waals surface area contributed by atoms with E-state index < -0.39 is 92.7 Å². The molecule has 12 heteroatoms. The first kappa shape index (κ1) is 26.4. The smallest absolute Gasteiger partial charge is 0.339 e. The number of rotatable bonds is 2. The molecule has 0 unspecified atom stereocenters. The Kier molecular flexibility index (Phi) is 5.04. The highest BCUT2D eigenvalue weighted by Crippen LogP contribution is 2.80. The predicted molar refractivity (Wildman–Crippen MR) is 134 cm³/mol. The summed E-state index contributed by atoms with van der Waals surface area (Å²) in [5, 5.41) is 0. The molecule has 6 aliphatic rings. The molecule has 1 aromatic heterocycles. The van der Waals surface area contributed by atoms with Crippen LogP contribution < -0.4 is 0 Å². The van der Waals surface area contributed by atoms with Crippen LogP contribution in [-0.2, 0) is 53.1 Å². The van der Waals surface area contributed by atoms with Crippen LogP contribution in [0.1, 0.15) is 66.1 Å². The first-order valence-electron chi connectivity index (χ1n) is 13.5. The number of epoxide rings is 1. The van der Waals surface area contributed by atoms with Gasteiger partial charge < -0.3 is 23.4 Å². The number of furan rings is 1. The van der Waals surface area contributed by atoms with Crippen LogP contribution in [0.2, 0.25) is 0 Å². The van der Waals surface area contributed by atoms with Crippen LogP contribution in [0.4, 0.5) is 0 Å². The second-order valence-corrected chi connectivity index (χ2v) is 13.8. The lowest BCUT2D eigenvalue weighted by Crippen LogP contribution is -2.82. The van der Waals surface area contributed by atoms with Gasteiger partial charge in [-0.15, -0.1) is 0 Å². The summed E-state index contributed by atoms with van der Waals surface area (Å²) in [6.45, 7) is 10.7. The molecule has 5 fully saturated rings. The minimum atomic E-state index is -2.15. The zero-order valence-electron chi connectivity index (χ0n) is 23.1. The Labute approximate surface area is 233 Å². The number of esters is 3. The van der Waals surface area contributed by atoms with E-state index in [2.05, 4.69) is 0 Å². The van der Waals surface area contributed by atoms with E-state index in [1.54, 1.807) is 26.0 Å². The van der Waals surface area contributed by atoms with Gasteiger partial charge in [-0.2, -0.15) is 4.21 Å². The monoisotopic (exact) mass is 576 g/mol. The molecule has 11 atom stereocenters. The molecule has 216 valence electrons. The zero-order chi connectivity index (χ0) is 28.7. The van der Waals surface area contributed by atoms with Crippen molar-refractivity contribution in [3.05, 3.63) is 36.3 Å². The van der Waals surface area contributed by atoms with Crippen molar-refractivity contribution in [2.75, 3.05) is 0 Å². The van der Waals surface area contributed by atoms with Gasteiger partial charge in [0.1, 0.15) is 29.0 Å². The van der Waals surface area contributed by atoms with Crippen molar-refractivity contribution in [3.63, 3.8) is 0 Å². The standard InChI is InChI=1S/C28H32O11S/c1-14(29)34-17-12-27(9-7-18(30)36-23(27,2)3)26(6)19-16(38-40(32)39-26)11-24(4)20(15-8-10-33-13-15)35-22(31)21-28(24,37-21)25(17,19)5/h7-10,13,16-17,19-21H,11-12H2,1-6H3/t16-,17+,19-,20-,21+,24-,25+,26-,27-,28+,40-/m0/s1. The lowest BCUT2D eigenvalue weighted by molar-refractivity contribution is -0.326. The summed E-state index contributed by atoms with van der Waals surface area (Å²) in [6.07, 6.45) is 3.38. The molecule has 0 aromatic carbocycles. The highest BCUT2D eigenvalue weighted by molar-refractivity contribution is 7.75. The molecule has 0 amide bonds. The summed E-state index contributed by atoms with van der Waals surface area (Å²) < 4.78 is 55.5. The largest absolute Gasteiger partial charge is 0.472 e. The van der Waals surface area contributed by atoms with Crippen molar-refractivity contribution in [2.45, 2.75) is 95.6 Å². The molecule has 0 bridgehead atoms. The second-order valence-electron chi connectivity index (χ2n) is 13.1. The average Bonchev–Trinajstić information content (AvgIpc) is 3.41. The Bertz CT molecular complexity index is 1390. The van der Waals surface area contributed by atoms with Crippen LogP contribution in [0.15, 0.2) is 35.2 Å². The fourth-order valence-corrected chi connectivity index (χ4v) is 10.6. The first-order chi connectivity index (χ1) is 18.7. The summed E-state index contributed by atoms with van der Waals surface area (Å²) in [5.41, 5.74) is -5.95. The van der Waals surface area contributed by atoms with Crippen LogP contribution in [0.5, 0.6) is 0 Å². The van der Waals surface area contributed by atoms with Gasteiger partial charge in [0.05, 0.1) is 24.0 Å². The third kappa shape index (κ3) is 2.76. The topological polar surface area (TPSA) is 140 Å². The Morgan fingerprint density at radius 1 is 1.10 bits per heavy atom. The Morgan fingerprint density at radius 3 is 2.50 bits per heavy atom.